The minimum atomic E-state index is -0.813. The molecule has 2 atom stereocenters. The Morgan fingerprint density at radius 3 is 1.26 bits per heavy atom. The minimum absolute atomic E-state index is 0.0791. The molecule has 0 N–H and O–H groups in total. The van der Waals surface area contributed by atoms with E-state index in [9.17, 15) is 22.4 Å². The van der Waals surface area contributed by atoms with Gasteiger partial charge in [0.15, 0.2) is 0 Å². The van der Waals surface area contributed by atoms with Gasteiger partial charge >= 0.3 is 6.09 Å². The van der Waals surface area contributed by atoms with Gasteiger partial charge in [-0.05, 0) is 195 Å². The van der Waals surface area contributed by atoms with Gasteiger partial charge in [0.25, 0.3) is 0 Å². The summed E-state index contributed by atoms with van der Waals surface area (Å²) in [5.74, 6) is -0.743. The molecular weight excluding hydrogens is 827 g/mol. The molecule has 0 bridgehead atoms. The lowest BCUT2D eigenvalue weighted by atomic mass is 9.94. The lowest BCUT2D eigenvalue weighted by Gasteiger charge is -2.34. The number of nitrogens with zero attached hydrogens (tertiary/aromatic N) is 1. The van der Waals surface area contributed by atoms with Crippen LogP contribution in [0.5, 0.6) is 0 Å². The van der Waals surface area contributed by atoms with Crippen molar-refractivity contribution in [2.45, 2.75) is 77.9 Å². The van der Waals surface area contributed by atoms with Crippen LogP contribution < -0.4 is 0 Å². The fourth-order valence-electron chi connectivity index (χ4n) is 8.05. The number of hydrogen-bond acceptors (Lipinski definition) is 4. The Morgan fingerprint density at radius 1 is 0.554 bits per heavy atom. The van der Waals surface area contributed by atoms with Gasteiger partial charge in [0.2, 0.25) is 0 Å². The van der Waals surface area contributed by atoms with Gasteiger partial charge in [-0.1, -0.05) is 72.8 Å². The molecule has 1 amide bonds. The van der Waals surface area contributed by atoms with Gasteiger partial charge in [-0.2, -0.15) is 0 Å². The van der Waals surface area contributed by atoms with Gasteiger partial charge in [0, 0.05) is 5.92 Å². The highest BCUT2D eigenvalue weighted by atomic mass is 19.1. The third-order valence-electron chi connectivity index (χ3n) is 11.2. The van der Waals surface area contributed by atoms with E-state index in [1.54, 1.807) is 53.4 Å². The maximum Gasteiger partial charge on any atom is 0.413 e. The molecule has 0 unspecified atom stereocenters. The molecule has 0 aliphatic carbocycles. The zero-order valence-electron chi connectivity index (χ0n) is 37.9. The molecule has 0 aromatic heterocycles. The Balaban J connectivity index is 0.000000198. The zero-order chi connectivity index (χ0) is 46.5. The van der Waals surface area contributed by atoms with E-state index in [1.165, 1.54) is 48.5 Å². The van der Waals surface area contributed by atoms with Crippen molar-refractivity contribution in [2.24, 2.45) is 5.92 Å². The van der Waals surface area contributed by atoms with Crippen molar-refractivity contribution < 1.29 is 36.6 Å². The van der Waals surface area contributed by atoms with E-state index in [4.69, 9.17) is 14.2 Å². The second-order valence-electron chi connectivity index (χ2n) is 18.6. The van der Waals surface area contributed by atoms with Crippen LogP contribution in [0.2, 0.25) is 0 Å². The Morgan fingerprint density at radius 2 is 0.923 bits per heavy atom. The van der Waals surface area contributed by atoms with Crippen molar-refractivity contribution in [1.29, 1.82) is 0 Å². The first-order chi connectivity index (χ1) is 30.8. The summed E-state index contributed by atoms with van der Waals surface area (Å²) < 4.78 is 71.1. The lowest BCUT2D eigenvalue weighted by Crippen LogP contribution is -2.49. The molecule has 65 heavy (non-hydrogen) atoms. The Labute approximate surface area is 380 Å². The molecular formula is C56H55F4NO4. The second-order valence-corrected chi connectivity index (χ2v) is 18.6. The number of benzene rings is 6. The van der Waals surface area contributed by atoms with Crippen LogP contribution in [-0.4, -0.2) is 47.2 Å². The van der Waals surface area contributed by atoms with Gasteiger partial charge in [-0.3, -0.25) is 4.90 Å². The van der Waals surface area contributed by atoms with Crippen LogP contribution in [0, 0.1) is 29.2 Å². The average molecular weight is 882 g/mol. The van der Waals surface area contributed by atoms with E-state index in [0.29, 0.717) is 12.5 Å². The molecule has 6 aromatic carbocycles. The molecule has 2 aliphatic rings. The fraction of sp³-hybridized carbons (Fsp3) is 0.268. The second kappa shape index (κ2) is 19.4. The summed E-state index contributed by atoms with van der Waals surface area (Å²) in [4.78, 5) is 14.6. The third kappa shape index (κ3) is 12.5. The largest absolute Gasteiger partial charge is 0.444 e. The van der Waals surface area contributed by atoms with Gasteiger partial charge in [0.05, 0.1) is 24.9 Å². The molecule has 5 nitrogen and oxygen atoms in total. The Kier molecular flexibility index (Phi) is 14.0. The number of hydrogen-bond donors (Lipinski definition) is 0. The summed E-state index contributed by atoms with van der Waals surface area (Å²) in [6.45, 7) is 14.5. The highest BCUT2D eigenvalue weighted by molar-refractivity contribution is 5.79. The number of rotatable bonds is 8. The lowest BCUT2D eigenvalue weighted by molar-refractivity contribution is -0.0610. The summed E-state index contributed by atoms with van der Waals surface area (Å²) >= 11 is 0. The predicted molar refractivity (Wildman–Crippen MR) is 253 cm³/mol. The van der Waals surface area contributed by atoms with Crippen molar-refractivity contribution in [3.8, 4) is 44.5 Å². The van der Waals surface area contributed by atoms with Crippen LogP contribution in [-0.2, 0) is 14.2 Å². The number of halogens is 4. The summed E-state index contributed by atoms with van der Waals surface area (Å²) in [5, 5.41) is 0. The smallest absolute Gasteiger partial charge is 0.413 e. The van der Waals surface area contributed by atoms with Crippen molar-refractivity contribution in [2.75, 3.05) is 13.2 Å². The predicted octanol–water partition coefficient (Wildman–Crippen LogP) is 14.8. The molecule has 8 rings (SSSR count). The van der Waals surface area contributed by atoms with Crippen LogP contribution in [0.4, 0.5) is 22.4 Å². The summed E-state index contributed by atoms with van der Waals surface area (Å²) in [6.07, 6.45) is 8.74. The third-order valence-corrected chi connectivity index (χ3v) is 11.2. The molecule has 0 spiro atoms. The van der Waals surface area contributed by atoms with Crippen LogP contribution in [0.25, 0.3) is 56.7 Å². The molecule has 2 aliphatic heterocycles. The quantitative estimate of drug-likeness (QED) is 0.143. The molecule has 6 aromatic rings. The van der Waals surface area contributed by atoms with Gasteiger partial charge in [-0.25, -0.2) is 22.4 Å². The molecule has 9 heteroatoms. The fourth-order valence-corrected chi connectivity index (χ4v) is 8.05. The number of ether oxygens (including phenoxy) is 3. The molecule has 2 fully saturated rings. The molecule has 2 heterocycles. The Hall–Kier alpha value is -6.29. The average Bonchev–Trinajstić information content (AvgIpc) is 3.78. The van der Waals surface area contributed by atoms with E-state index in [0.717, 1.165) is 68.7 Å². The molecule has 2 saturated heterocycles. The highest BCUT2D eigenvalue weighted by Gasteiger charge is 2.44. The van der Waals surface area contributed by atoms with Crippen molar-refractivity contribution >= 4 is 18.2 Å². The first-order valence-corrected chi connectivity index (χ1v) is 21.8. The van der Waals surface area contributed by atoms with Crippen molar-refractivity contribution in [3.05, 3.63) is 180 Å². The normalized spacial score (nSPS) is 17.9. The first-order valence-electron chi connectivity index (χ1n) is 21.8. The first kappa shape index (κ1) is 46.7. The van der Waals surface area contributed by atoms with E-state index >= 15 is 0 Å². The van der Waals surface area contributed by atoms with Gasteiger partial charge in [-0.15, -0.1) is 0 Å². The topological polar surface area (TPSA) is 48.0 Å². The van der Waals surface area contributed by atoms with Crippen LogP contribution in [0.15, 0.2) is 146 Å². The van der Waals surface area contributed by atoms with Crippen molar-refractivity contribution in [3.63, 3.8) is 0 Å². The highest BCUT2D eigenvalue weighted by Crippen LogP contribution is 2.35. The minimum Gasteiger partial charge on any atom is -0.444 e. The molecule has 0 radical (unpaired) electrons. The van der Waals surface area contributed by atoms with E-state index in [2.05, 4.69) is 44.2 Å². The van der Waals surface area contributed by atoms with Gasteiger partial charge < -0.3 is 14.2 Å². The SMILES string of the molecule is CC(C)(C)OC(=O)N1[C@H](/C=C\c2cc(-c3ccc(F)cc3)cc(-c3ccc(F)cc3)c2)COC1(C)C.CC1(C)C[C@H](/C=C/c2cc(-c3ccc(F)cc3)cc(-c3ccc(F)cc3)c2)CO1. The van der Waals surface area contributed by atoms with Gasteiger partial charge in [0.1, 0.15) is 34.6 Å². The van der Waals surface area contributed by atoms with Crippen LogP contribution in [0.1, 0.15) is 66.0 Å². The zero-order valence-corrected chi connectivity index (χ0v) is 37.9. The Bertz CT molecular complexity index is 2520. The van der Waals surface area contributed by atoms with Crippen LogP contribution >= 0.6 is 0 Å². The van der Waals surface area contributed by atoms with E-state index in [1.807, 2.05) is 65.0 Å². The molecule has 336 valence electrons. The van der Waals surface area contributed by atoms with Crippen molar-refractivity contribution in [1.82, 2.24) is 4.90 Å². The monoisotopic (exact) mass is 881 g/mol. The summed E-state index contributed by atoms with van der Waals surface area (Å²) in [5.41, 5.74) is 7.78. The standard InChI is InChI=1S/C30H31F2NO3.C26H24F2O/c1-29(2,3)36-28(34)33-27(19-35-30(33,4)5)15-6-20-16-23(21-7-11-25(31)12-8-21)18-24(17-20)22-9-13-26(32)14-10-22;1-26(2)16-19(17-29-26)4-3-18-13-22(20-5-9-24(27)10-6-20)15-23(14-18)21-7-11-25(28)12-8-21/h6-18,27H,19H2,1-5H3;3-15,19H,16-17H2,1-2H3/b15-6-;4-3+/t27-;19-/m10/s1. The molecule has 0 saturated carbocycles. The van der Waals surface area contributed by atoms with E-state index < -0.39 is 17.4 Å². The van der Waals surface area contributed by atoms with E-state index in [-0.39, 0.29) is 34.9 Å². The summed E-state index contributed by atoms with van der Waals surface area (Å²) in [7, 11) is 0. The number of carbonyl (C=O) groups is 1. The van der Waals surface area contributed by atoms with Crippen LogP contribution in [0.3, 0.4) is 0 Å². The maximum absolute atomic E-state index is 13.5. The number of amides is 1. The number of carbonyl (C=O) groups excluding carboxylic acids is 1. The maximum atomic E-state index is 13.5. The summed E-state index contributed by atoms with van der Waals surface area (Å²) in [6, 6.07) is 37.5.